The van der Waals surface area contributed by atoms with Crippen molar-refractivity contribution >= 4 is 35.5 Å². The van der Waals surface area contributed by atoms with Crippen LogP contribution in [0.2, 0.25) is 0 Å². The lowest BCUT2D eigenvalue weighted by Gasteiger charge is -2.26. The van der Waals surface area contributed by atoms with Gasteiger partial charge in [-0.1, -0.05) is 20.3 Å². The minimum absolute atomic E-state index is 0.205. The topological polar surface area (TPSA) is 171 Å². The highest BCUT2D eigenvalue weighted by Gasteiger charge is 2.30. The van der Waals surface area contributed by atoms with E-state index in [0.29, 0.717) is 12.2 Å². The molecule has 156 valence electrons. The fourth-order valence-electron chi connectivity index (χ4n) is 2.16. The zero-order chi connectivity index (χ0) is 21.0. The van der Waals surface area contributed by atoms with Crippen molar-refractivity contribution in [2.45, 2.75) is 44.8 Å². The largest absolute Gasteiger partial charge is 0.480 e. The van der Waals surface area contributed by atoms with Crippen LogP contribution in [0.3, 0.4) is 0 Å². The molecule has 0 fully saturated rings. The van der Waals surface area contributed by atoms with Crippen molar-refractivity contribution in [1.29, 1.82) is 0 Å². The number of carbonyl (C=O) groups excluding carboxylic acids is 3. The highest BCUT2D eigenvalue weighted by molar-refractivity contribution is 7.98. The van der Waals surface area contributed by atoms with Gasteiger partial charge in [-0.05, 0) is 24.3 Å². The first-order valence-electron chi connectivity index (χ1n) is 8.64. The van der Waals surface area contributed by atoms with Crippen LogP contribution in [-0.2, 0) is 19.2 Å². The molecule has 7 N–H and O–H groups in total. The smallest absolute Gasteiger partial charge is 0.326 e. The zero-order valence-electron chi connectivity index (χ0n) is 15.9. The molecule has 0 rings (SSSR count). The summed E-state index contributed by atoms with van der Waals surface area (Å²) in [5.41, 5.74) is 5.26. The molecule has 10 nitrogen and oxygen atoms in total. The van der Waals surface area contributed by atoms with Crippen LogP contribution >= 0.6 is 11.8 Å². The summed E-state index contributed by atoms with van der Waals surface area (Å²) in [5, 5.41) is 25.8. The van der Waals surface area contributed by atoms with Gasteiger partial charge in [0.05, 0.1) is 13.2 Å². The van der Waals surface area contributed by atoms with Gasteiger partial charge in [0.1, 0.15) is 18.1 Å². The molecular formula is C16H30N4O6S. The Balaban J connectivity index is 5.07. The molecule has 0 aliphatic heterocycles. The Morgan fingerprint density at radius 1 is 1.07 bits per heavy atom. The normalized spacial score (nSPS) is 15.1. The number of rotatable bonds is 13. The van der Waals surface area contributed by atoms with Crippen molar-refractivity contribution in [1.82, 2.24) is 16.0 Å². The number of nitrogens with one attached hydrogen (secondary N) is 3. The minimum Gasteiger partial charge on any atom is -0.480 e. The second-order valence-electron chi connectivity index (χ2n) is 6.06. The van der Waals surface area contributed by atoms with Crippen LogP contribution in [0.5, 0.6) is 0 Å². The fourth-order valence-corrected chi connectivity index (χ4v) is 2.63. The van der Waals surface area contributed by atoms with Gasteiger partial charge in [0.15, 0.2) is 0 Å². The number of hydrogen-bond acceptors (Lipinski definition) is 7. The number of carbonyl (C=O) groups is 4. The summed E-state index contributed by atoms with van der Waals surface area (Å²) in [5.74, 6) is -2.91. The average molecular weight is 407 g/mol. The molecule has 0 spiro atoms. The average Bonchev–Trinajstić information content (AvgIpc) is 2.65. The van der Waals surface area contributed by atoms with Crippen LogP contribution in [0.1, 0.15) is 26.7 Å². The first kappa shape index (κ1) is 25.1. The first-order chi connectivity index (χ1) is 12.7. The highest BCUT2D eigenvalue weighted by Crippen LogP contribution is 2.08. The second kappa shape index (κ2) is 13.3. The van der Waals surface area contributed by atoms with E-state index in [0.717, 1.165) is 0 Å². The monoisotopic (exact) mass is 406 g/mol. The third kappa shape index (κ3) is 9.07. The third-order valence-electron chi connectivity index (χ3n) is 4.04. The van der Waals surface area contributed by atoms with Gasteiger partial charge in [0, 0.05) is 0 Å². The molecule has 4 unspecified atom stereocenters. The van der Waals surface area contributed by atoms with E-state index < -0.39 is 48.4 Å². The van der Waals surface area contributed by atoms with Crippen LogP contribution in [0.4, 0.5) is 0 Å². The number of aliphatic hydroxyl groups excluding tert-OH is 1. The summed E-state index contributed by atoms with van der Waals surface area (Å²) in [7, 11) is 0. The van der Waals surface area contributed by atoms with E-state index in [-0.39, 0.29) is 18.9 Å². The van der Waals surface area contributed by atoms with Crippen LogP contribution in [0.15, 0.2) is 0 Å². The summed E-state index contributed by atoms with van der Waals surface area (Å²) in [6.07, 6.45) is 2.59. The van der Waals surface area contributed by atoms with Crippen molar-refractivity contribution in [3.05, 3.63) is 0 Å². The molecule has 0 aromatic carbocycles. The molecule has 0 saturated heterocycles. The summed E-state index contributed by atoms with van der Waals surface area (Å²) < 4.78 is 0. The molecule has 0 aromatic rings. The summed E-state index contributed by atoms with van der Waals surface area (Å²) >= 11 is 1.43. The fraction of sp³-hybridized carbons (Fsp3) is 0.750. The number of thioether (sulfide) groups is 1. The number of hydrogen-bond donors (Lipinski definition) is 6. The molecular weight excluding hydrogens is 376 g/mol. The van der Waals surface area contributed by atoms with Crippen molar-refractivity contribution in [3.8, 4) is 0 Å². The maximum atomic E-state index is 12.5. The SMILES string of the molecule is CCC(C)C(NC(=O)CN)C(=O)NC(CO)C(=O)NC(CCSC)C(=O)O. The molecule has 0 aliphatic carbocycles. The number of carboxylic acids is 1. The van der Waals surface area contributed by atoms with Gasteiger partial charge in [-0.25, -0.2) is 4.79 Å². The molecule has 3 amide bonds. The van der Waals surface area contributed by atoms with E-state index in [9.17, 15) is 29.4 Å². The van der Waals surface area contributed by atoms with E-state index in [1.165, 1.54) is 11.8 Å². The lowest BCUT2D eigenvalue weighted by Crippen LogP contribution is -2.58. The Hall–Kier alpha value is -1.85. The summed E-state index contributed by atoms with van der Waals surface area (Å²) in [6.45, 7) is 2.57. The Morgan fingerprint density at radius 3 is 2.11 bits per heavy atom. The van der Waals surface area contributed by atoms with Crippen LogP contribution < -0.4 is 21.7 Å². The van der Waals surface area contributed by atoms with Gasteiger partial charge >= 0.3 is 5.97 Å². The molecule has 0 aliphatic rings. The van der Waals surface area contributed by atoms with Crippen molar-refractivity contribution in [3.63, 3.8) is 0 Å². The van der Waals surface area contributed by atoms with Gasteiger partial charge in [0.25, 0.3) is 0 Å². The van der Waals surface area contributed by atoms with Crippen molar-refractivity contribution in [2.24, 2.45) is 11.7 Å². The Bertz CT molecular complexity index is 519. The zero-order valence-corrected chi connectivity index (χ0v) is 16.7. The predicted octanol–water partition coefficient (Wildman–Crippen LogP) is -1.72. The van der Waals surface area contributed by atoms with E-state index in [1.54, 1.807) is 6.92 Å². The van der Waals surface area contributed by atoms with Gasteiger partial charge in [-0.3, -0.25) is 14.4 Å². The number of aliphatic hydroxyl groups is 1. The molecule has 4 atom stereocenters. The maximum absolute atomic E-state index is 12.5. The van der Waals surface area contributed by atoms with E-state index in [1.807, 2.05) is 13.2 Å². The highest BCUT2D eigenvalue weighted by atomic mass is 32.2. The molecule has 27 heavy (non-hydrogen) atoms. The number of aliphatic carboxylic acids is 1. The Kier molecular flexibility index (Phi) is 12.4. The standard InChI is InChI=1S/C16H30N4O6S/c1-4-9(2)13(20-12(22)7-17)15(24)19-11(8-21)14(23)18-10(16(25)26)5-6-27-3/h9-11,13,21H,4-8,17H2,1-3H3,(H,18,23)(H,19,24)(H,20,22)(H,25,26). The number of amides is 3. The lowest BCUT2D eigenvalue weighted by molar-refractivity contribution is -0.142. The van der Waals surface area contributed by atoms with Crippen LogP contribution in [-0.4, -0.2) is 77.2 Å². The van der Waals surface area contributed by atoms with Gasteiger partial charge in [-0.2, -0.15) is 11.8 Å². The quantitative estimate of drug-likeness (QED) is 0.210. The van der Waals surface area contributed by atoms with Gasteiger partial charge in [0.2, 0.25) is 17.7 Å². The molecule has 0 saturated carbocycles. The molecule has 0 bridgehead atoms. The van der Waals surface area contributed by atoms with Crippen LogP contribution in [0.25, 0.3) is 0 Å². The van der Waals surface area contributed by atoms with E-state index in [2.05, 4.69) is 16.0 Å². The lowest BCUT2D eigenvalue weighted by atomic mass is 9.98. The predicted molar refractivity (Wildman–Crippen MR) is 102 cm³/mol. The minimum atomic E-state index is -1.34. The van der Waals surface area contributed by atoms with Crippen molar-refractivity contribution < 1.29 is 29.4 Å². The Morgan fingerprint density at radius 2 is 1.67 bits per heavy atom. The van der Waals surface area contributed by atoms with Crippen molar-refractivity contribution in [2.75, 3.05) is 25.2 Å². The second-order valence-corrected chi connectivity index (χ2v) is 7.05. The summed E-state index contributed by atoms with van der Waals surface area (Å²) in [6, 6.07) is -3.40. The number of carboxylic acid groups (broad SMARTS) is 1. The Labute approximate surface area is 163 Å². The first-order valence-corrected chi connectivity index (χ1v) is 10.0. The summed E-state index contributed by atoms with van der Waals surface area (Å²) in [4.78, 5) is 47.5. The molecule has 0 heterocycles. The van der Waals surface area contributed by atoms with Crippen LogP contribution in [0, 0.1) is 5.92 Å². The molecule has 0 aromatic heterocycles. The van der Waals surface area contributed by atoms with Gasteiger partial charge < -0.3 is 31.9 Å². The number of nitrogens with two attached hydrogens (primary N) is 1. The third-order valence-corrected chi connectivity index (χ3v) is 4.68. The molecule has 11 heteroatoms. The van der Waals surface area contributed by atoms with E-state index in [4.69, 9.17) is 5.73 Å². The van der Waals surface area contributed by atoms with Gasteiger partial charge in [-0.15, -0.1) is 0 Å². The maximum Gasteiger partial charge on any atom is 0.326 e. The molecule has 0 radical (unpaired) electrons. The van der Waals surface area contributed by atoms with E-state index >= 15 is 0 Å².